The lowest BCUT2D eigenvalue weighted by atomic mass is 10.2. The van der Waals surface area contributed by atoms with Crippen LogP contribution in [0.25, 0.3) is 11.0 Å². The van der Waals surface area contributed by atoms with E-state index < -0.39 is 12.1 Å². The third kappa shape index (κ3) is 4.28. The van der Waals surface area contributed by atoms with E-state index in [0.29, 0.717) is 22.5 Å². The lowest BCUT2D eigenvalue weighted by molar-refractivity contribution is -0.150. The summed E-state index contributed by atoms with van der Waals surface area (Å²) in [5.74, 6) is 0.592. The van der Waals surface area contributed by atoms with E-state index in [2.05, 4.69) is 0 Å². The predicted octanol–water partition coefficient (Wildman–Crippen LogP) is 4.22. The van der Waals surface area contributed by atoms with Gasteiger partial charge in [0, 0.05) is 6.07 Å². The quantitative estimate of drug-likeness (QED) is 0.606. The molecule has 27 heavy (non-hydrogen) atoms. The van der Waals surface area contributed by atoms with Gasteiger partial charge in [-0.15, -0.1) is 0 Å². The van der Waals surface area contributed by atoms with Gasteiger partial charge in [0.15, 0.2) is 6.10 Å². The van der Waals surface area contributed by atoms with Crippen LogP contribution in [0.15, 0.2) is 57.9 Å². The predicted molar refractivity (Wildman–Crippen MR) is 100 cm³/mol. The van der Waals surface area contributed by atoms with Crippen LogP contribution in [-0.2, 0) is 9.53 Å². The third-order valence-electron chi connectivity index (χ3n) is 3.89. The fourth-order valence-electron chi connectivity index (χ4n) is 2.48. The number of esters is 1. The molecule has 140 valence electrons. The number of fused-ring (bicyclic) bond motifs is 1. The van der Waals surface area contributed by atoms with Gasteiger partial charge in [0.05, 0.1) is 12.0 Å². The van der Waals surface area contributed by atoms with Gasteiger partial charge < -0.3 is 18.6 Å². The number of carbonyl (C=O) groups excluding carboxylic acids is 1. The number of rotatable bonds is 6. The maximum Gasteiger partial charge on any atom is 0.347 e. The van der Waals surface area contributed by atoms with Gasteiger partial charge in [0.1, 0.15) is 23.3 Å². The van der Waals surface area contributed by atoms with Gasteiger partial charge in [-0.05, 0) is 45.0 Å². The minimum atomic E-state index is -0.765. The van der Waals surface area contributed by atoms with Crippen molar-refractivity contribution in [3.8, 4) is 17.2 Å². The van der Waals surface area contributed by atoms with Gasteiger partial charge in [-0.3, -0.25) is 4.79 Å². The molecule has 0 fully saturated rings. The zero-order valence-corrected chi connectivity index (χ0v) is 15.4. The summed E-state index contributed by atoms with van der Waals surface area (Å²) in [6.07, 6.45) is 0.501. The van der Waals surface area contributed by atoms with Crippen molar-refractivity contribution < 1.29 is 23.4 Å². The lowest BCUT2D eigenvalue weighted by Crippen LogP contribution is -2.26. The van der Waals surface area contributed by atoms with E-state index in [0.717, 1.165) is 5.56 Å². The normalized spacial score (nSPS) is 11.8. The molecule has 0 aliphatic carbocycles. The summed E-state index contributed by atoms with van der Waals surface area (Å²) in [4.78, 5) is 24.3. The number of benzene rings is 2. The Morgan fingerprint density at radius 2 is 1.81 bits per heavy atom. The van der Waals surface area contributed by atoms with Crippen molar-refractivity contribution in [1.82, 2.24) is 0 Å². The molecule has 0 saturated carbocycles. The van der Waals surface area contributed by atoms with Gasteiger partial charge in [0.25, 0.3) is 0 Å². The molecule has 3 rings (SSSR count). The topological polar surface area (TPSA) is 75.0 Å². The molecule has 6 nitrogen and oxygen atoms in total. The highest BCUT2D eigenvalue weighted by Gasteiger charge is 2.17. The van der Waals surface area contributed by atoms with Crippen molar-refractivity contribution in [3.63, 3.8) is 0 Å². The Labute approximate surface area is 156 Å². The minimum Gasteiger partial charge on any atom is -0.479 e. The molecule has 0 N–H and O–H groups in total. The van der Waals surface area contributed by atoms with Crippen molar-refractivity contribution in [3.05, 3.63) is 64.5 Å². The average Bonchev–Trinajstić information content (AvgIpc) is 2.66. The second kappa shape index (κ2) is 7.95. The highest BCUT2D eigenvalue weighted by Crippen LogP contribution is 2.24. The molecule has 1 heterocycles. The summed E-state index contributed by atoms with van der Waals surface area (Å²) in [6, 6.07) is 12.1. The van der Waals surface area contributed by atoms with Crippen LogP contribution in [0.1, 0.15) is 19.4 Å². The number of hydrogen-bond acceptors (Lipinski definition) is 6. The molecule has 1 atom stereocenters. The van der Waals surface area contributed by atoms with Crippen LogP contribution in [0.3, 0.4) is 0 Å². The smallest absolute Gasteiger partial charge is 0.347 e. The summed E-state index contributed by atoms with van der Waals surface area (Å²) >= 11 is 0. The maximum absolute atomic E-state index is 12.6. The Bertz CT molecular complexity index is 1000. The molecule has 0 aliphatic heterocycles. The first-order chi connectivity index (χ1) is 13.0. The van der Waals surface area contributed by atoms with Crippen LogP contribution >= 0.6 is 0 Å². The van der Waals surface area contributed by atoms with Crippen LogP contribution in [0.4, 0.5) is 0 Å². The van der Waals surface area contributed by atoms with Crippen LogP contribution in [0, 0.1) is 6.92 Å². The zero-order valence-electron chi connectivity index (χ0n) is 15.4. The van der Waals surface area contributed by atoms with Crippen molar-refractivity contribution >= 4 is 16.9 Å². The molecule has 0 aliphatic rings. The Hall–Kier alpha value is -3.28. The first-order valence-corrected chi connectivity index (χ1v) is 8.61. The van der Waals surface area contributed by atoms with Gasteiger partial charge in [-0.25, -0.2) is 4.79 Å². The first kappa shape index (κ1) is 18.5. The van der Waals surface area contributed by atoms with Gasteiger partial charge in [-0.1, -0.05) is 17.7 Å². The fraction of sp³-hybridized carbons (Fsp3) is 0.238. The first-order valence-electron chi connectivity index (χ1n) is 8.61. The number of carbonyl (C=O) groups is 1. The highest BCUT2D eigenvalue weighted by molar-refractivity contribution is 5.79. The molecule has 0 radical (unpaired) electrons. The minimum absolute atomic E-state index is 0.0971. The monoisotopic (exact) mass is 368 g/mol. The second-order valence-corrected chi connectivity index (χ2v) is 6.01. The molecule has 0 saturated heterocycles. The molecule has 1 aromatic heterocycles. The molecule has 6 heteroatoms. The lowest BCUT2D eigenvalue weighted by Gasteiger charge is -2.13. The number of hydrogen-bond donors (Lipinski definition) is 0. The largest absolute Gasteiger partial charge is 0.479 e. The molecular formula is C21H20O6. The molecule has 0 amide bonds. The third-order valence-corrected chi connectivity index (χ3v) is 3.89. The van der Waals surface area contributed by atoms with E-state index in [1.807, 2.05) is 19.1 Å². The van der Waals surface area contributed by atoms with Gasteiger partial charge >= 0.3 is 5.97 Å². The van der Waals surface area contributed by atoms with E-state index in [-0.39, 0.29) is 17.8 Å². The van der Waals surface area contributed by atoms with Gasteiger partial charge in [-0.2, -0.15) is 0 Å². The van der Waals surface area contributed by atoms with Crippen LogP contribution in [0.5, 0.6) is 17.2 Å². The van der Waals surface area contributed by atoms with E-state index >= 15 is 0 Å². The van der Waals surface area contributed by atoms with E-state index in [4.69, 9.17) is 18.6 Å². The second-order valence-electron chi connectivity index (χ2n) is 6.01. The highest BCUT2D eigenvalue weighted by atomic mass is 16.6. The van der Waals surface area contributed by atoms with E-state index in [1.165, 1.54) is 6.26 Å². The Morgan fingerprint density at radius 3 is 2.52 bits per heavy atom. The molecular weight excluding hydrogens is 348 g/mol. The average molecular weight is 368 g/mol. The van der Waals surface area contributed by atoms with Crippen LogP contribution < -0.4 is 14.9 Å². The van der Waals surface area contributed by atoms with Gasteiger partial charge in [0.2, 0.25) is 11.2 Å². The maximum atomic E-state index is 12.6. The molecule has 0 unspecified atom stereocenters. The summed E-state index contributed by atoms with van der Waals surface area (Å²) in [6.45, 7) is 5.57. The van der Waals surface area contributed by atoms with Crippen molar-refractivity contribution in [2.24, 2.45) is 0 Å². The van der Waals surface area contributed by atoms with Crippen molar-refractivity contribution in [1.29, 1.82) is 0 Å². The van der Waals surface area contributed by atoms with Crippen molar-refractivity contribution in [2.75, 3.05) is 6.61 Å². The standard InChI is InChI=1S/C21H20O6/c1-4-24-21(23)14(3)26-16-9-10-17-18(11-16)25-12-19(20(17)22)27-15-7-5-13(2)6-8-15/h5-12,14H,4H2,1-3H3/t14-/m0/s1. The van der Waals surface area contributed by atoms with E-state index in [1.54, 1.807) is 44.2 Å². The molecule has 0 spiro atoms. The summed E-state index contributed by atoms with van der Waals surface area (Å²) < 4.78 is 21.6. The molecule has 3 aromatic rings. The van der Waals surface area contributed by atoms with Crippen LogP contribution in [0.2, 0.25) is 0 Å². The summed E-state index contributed by atoms with van der Waals surface area (Å²) in [7, 11) is 0. The number of aryl methyl sites for hydroxylation is 1. The number of ether oxygens (including phenoxy) is 3. The zero-order chi connectivity index (χ0) is 19.4. The van der Waals surface area contributed by atoms with E-state index in [9.17, 15) is 9.59 Å². The Kier molecular flexibility index (Phi) is 5.45. The Morgan fingerprint density at radius 1 is 1.11 bits per heavy atom. The SMILES string of the molecule is CCOC(=O)[C@H](C)Oc1ccc2c(=O)c(Oc3ccc(C)cc3)coc2c1. The molecule has 2 aromatic carbocycles. The van der Waals surface area contributed by atoms with Crippen molar-refractivity contribution in [2.45, 2.75) is 26.9 Å². The Balaban J connectivity index is 1.83. The van der Waals surface area contributed by atoms with Crippen LogP contribution in [-0.4, -0.2) is 18.7 Å². The molecule has 0 bridgehead atoms. The summed E-state index contributed by atoms with van der Waals surface area (Å²) in [5, 5.41) is 0.357. The summed E-state index contributed by atoms with van der Waals surface area (Å²) in [5.41, 5.74) is 1.14. The fourth-order valence-corrected chi connectivity index (χ4v) is 2.48.